The molecule has 2 N–H and O–H groups in total. The van der Waals surface area contributed by atoms with Gasteiger partial charge >= 0.3 is 19.8 Å². The summed E-state index contributed by atoms with van der Waals surface area (Å²) < 4.78 is 26.3. The van der Waals surface area contributed by atoms with E-state index in [2.05, 4.69) is 116 Å². The van der Waals surface area contributed by atoms with Crippen molar-refractivity contribution >= 4 is 19.8 Å². The molecule has 8 nitrogen and oxygen atoms in total. The maximum atomic E-state index is 12.4. The molecule has 0 saturated carbocycles. The number of hydrogen-bond donors (Lipinski definition) is 2. The molecule has 0 radical (unpaired) electrons. The summed E-state index contributed by atoms with van der Waals surface area (Å²) in [6.07, 6.45) is 58.2. The average Bonchev–Trinajstić information content (AvgIpc) is 3.17. The molecule has 0 aliphatic heterocycles. The van der Waals surface area contributed by atoms with Gasteiger partial charge in [0, 0.05) is 12.8 Å². The molecule has 0 spiro atoms. The minimum absolute atomic E-state index is 0.117. The molecule has 0 aromatic heterocycles. The molecule has 0 aliphatic rings. The van der Waals surface area contributed by atoms with Crippen LogP contribution in [0.4, 0.5) is 0 Å². The molecule has 0 fully saturated rings. The number of ether oxygens (including phenoxy) is 2. The van der Waals surface area contributed by atoms with Crippen molar-refractivity contribution in [1.29, 1.82) is 0 Å². The van der Waals surface area contributed by atoms with Gasteiger partial charge < -0.3 is 19.3 Å². The van der Waals surface area contributed by atoms with Crippen LogP contribution >= 0.6 is 7.82 Å². The molecule has 0 heterocycles. The van der Waals surface area contributed by atoms with Gasteiger partial charge in [0.2, 0.25) is 0 Å². The maximum Gasteiger partial charge on any atom is 0.469 e. The van der Waals surface area contributed by atoms with Crippen molar-refractivity contribution in [3.63, 3.8) is 0 Å². The van der Waals surface area contributed by atoms with Crippen LogP contribution in [0.15, 0.2) is 109 Å². The summed E-state index contributed by atoms with van der Waals surface area (Å²) in [5.74, 6) is -1.03. The highest BCUT2D eigenvalue weighted by atomic mass is 31.2. The van der Waals surface area contributed by atoms with E-state index in [9.17, 15) is 14.2 Å². The Hall–Kier alpha value is -3.29. The lowest BCUT2D eigenvalue weighted by Gasteiger charge is -2.18. The second kappa shape index (κ2) is 41.3. The highest BCUT2D eigenvalue weighted by Gasteiger charge is 2.22. The largest absolute Gasteiger partial charge is 0.469 e. The van der Waals surface area contributed by atoms with Gasteiger partial charge in [-0.3, -0.25) is 14.1 Å². The molecule has 56 heavy (non-hydrogen) atoms. The second-order valence-corrected chi connectivity index (χ2v) is 14.8. The Kier molecular flexibility index (Phi) is 38.9. The summed E-state index contributed by atoms with van der Waals surface area (Å²) in [6, 6.07) is 0. The van der Waals surface area contributed by atoms with Crippen LogP contribution < -0.4 is 0 Å². The number of carbonyl (C=O) groups excluding carboxylic acids is 2. The Morgan fingerprint density at radius 1 is 0.482 bits per heavy atom. The monoisotopic (exact) mass is 799 g/mol. The molecule has 0 saturated heterocycles. The van der Waals surface area contributed by atoms with E-state index in [0.29, 0.717) is 25.7 Å². The number of rotatable bonds is 37. The fraction of sp³-hybridized carbons (Fsp3) is 0.574. The molecule has 0 aliphatic carbocycles. The van der Waals surface area contributed by atoms with Gasteiger partial charge in [-0.1, -0.05) is 162 Å². The van der Waals surface area contributed by atoms with E-state index in [4.69, 9.17) is 19.3 Å². The topological polar surface area (TPSA) is 119 Å². The van der Waals surface area contributed by atoms with Crippen molar-refractivity contribution in [2.75, 3.05) is 13.2 Å². The van der Waals surface area contributed by atoms with E-state index >= 15 is 0 Å². The van der Waals surface area contributed by atoms with Crippen molar-refractivity contribution in [2.24, 2.45) is 0 Å². The third kappa shape index (κ3) is 43.4. The molecule has 0 aromatic rings. The van der Waals surface area contributed by atoms with E-state index in [-0.39, 0.29) is 19.4 Å². The fourth-order valence-electron chi connectivity index (χ4n) is 5.16. The average molecular weight is 799 g/mol. The molecule has 0 amide bonds. The van der Waals surface area contributed by atoms with Gasteiger partial charge in [-0.25, -0.2) is 4.57 Å². The molecular formula is C47H75O8P. The first-order chi connectivity index (χ1) is 27.3. The van der Waals surface area contributed by atoms with E-state index in [0.717, 1.165) is 51.4 Å². The van der Waals surface area contributed by atoms with Crippen LogP contribution in [-0.2, 0) is 28.2 Å². The van der Waals surface area contributed by atoms with Crippen molar-refractivity contribution in [3.05, 3.63) is 109 Å². The quantitative estimate of drug-likeness (QED) is 0.0276. The summed E-state index contributed by atoms with van der Waals surface area (Å²) >= 11 is 0. The van der Waals surface area contributed by atoms with E-state index in [1.54, 1.807) is 0 Å². The normalized spacial score (nSPS) is 13.6. The van der Waals surface area contributed by atoms with Crippen LogP contribution in [0.25, 0.3) is 0 Å². The lowest BCUT2D eigenvalue weighted by atomic mass is 10.1. The molecule has 0 bridgehead atoms. The molecule has 316 valence electrons. The third-order valence-electron chi connectivity index (χ3n) is 8.28. The first kappa shape index (κ1) is 52.7. The van der Waals surface area contributed by atoms with Crippen LogP contribution in [0.5, 0.6) is 0 Å². The molecule has 0 unspecified atom stereocenters. The van der Waals surface area contributed by atoms with Crippen molar-refractivity contribution < 1.29 is 37.9 Å². The first-order valence-corrected chi connectivity index (χ1v) is 22.7. The van der Waals surface area contributed by atoms with Crippen LogP contribution in [0.1, 0.15) is 155 Å². The minimum atomic E-state index is -4.79. The Balaban J connectivity index is 4.14. The van der Waals surface area contributed by atoms with Gasteiger partial charge in [0.25, 0.3) is 0 Å². The van der Waals surface area contributed by atoms with Crippen molar-refractivity contribution in [1.82, 2.24) is 0 Å². The Morgan fingerprint density at radius 3 is 1.29 bits per heavy atom. The Labute approximate surface area is 340 Å². The number of phosphoric acid groups is 1. The van der Waals surface area contributed by atoms with Gasteiger partial charge in [-0.2, -0.15) is 0 Å². The van der Waals surface area contributed by atoms with Crippen LogP contribution in [0.2, 0.25) is 0 Å². The minimum Gasteiger partial charge on any atom is -0.462 e. The van der Waals surface area contributed by atoms with Crippen molar-refractivity contribution in [2.45, 2.75) is 161 Å². The highest BCUT2D eigenvalue weighted by Crippen LogP contribution is 2.36. The zero-order chi connectivity index (χ0) is 41.1. The molecule has 0 rings (SSSR count). The third-order valence-corrected chi connectivity index (χ3v) is 8.76. The number of esters is 2. The van der Waals surface area contributed by atoms with Gasteiger partial charge in [0.15, 0.2) is 6.10 Å². The smallest absolute Gasteiger partial charge is 0.462 e. The van der Waals surface area contributed by atoms with Crippen LogP contribution in [0.3, 0.4) is 0 Å². The van der Waals surface area contributed by atoms with Crippen molar-refractivity contribution in [3.8, 4) is 0 Å². The zero-order valence-electron chi connectivity index (χ0n) is 34.7. The highest BCUT2D eigenvalue weighted by molar-refractivity contribution is 7.46. The molecule has 9 heteroatoms. The predicted octanol–water partition coefficient (Wildman–Crippen LogP) is 13.2. The summed E-state index contributed by atoms with van der Waals surface area (Å²) in [5.41, 5.74) is 0. The van der Waals surface area contributed by atoms with Gasteiger partial charge in [-0.15, -0.1) is 0 Å². The predicted molar refractivity (Wildman–Crippen MR) is 234 cm³/mol. The first-order valence-electron chi connectivity index (χ1n) is 21.2. The molecular weight excluding hydrogens is 723 g/mol. The Morgan fingerprint density at radius 2 is 0.857 bits per heavy atom. The summed E-state index contributed by atoms with van der Waals surface area (Å²) in [4.78, 5) is 42.8. The maximum absolute atomic E-state index is 12.4. The van der Waals surface area contributed by atoms with Gasteiger partial charge in [-0.05, 0) is 89.9 Å². The number of phosphoric ester groups is 1. The van der Waals surface area contributed by atoms with Gasteiger partial charge in [0.05, 0.1) is 6.61 Å². The number of allylic oxidation sites excluding steroid dienone is 18. The number of carbonyl (C=O) groups is 2. The molecule has 0 aromatic carbocycles. The molecule has 1 atom stereocenters. The van der Waals surface area contributed by atoms with Gasteiger partial charge in [0.1, 0.15) is 6.61 Å². The standard InChI is InChI=1S/C47H75O8P/c1-3-5-7-9-11-13-15-17-19-21-22-23-24-26-28-30-32-34-36-38-40-42-47(49)55-45(44-54-56(50,51)52)43-53-46(48)41-39-37-35-33-31-29-27-25-20-18-16-14-12-10-8-6-4-2/h6,8,12,14,18-21,23-24,27-30,33-36,45H,3-5,7,9-11,13,15-17,22,25-26,31-32,37-44H2,1-2H3,(H2,50,51,52)/b8-6+,14-12+,20-18+,21-19+,24-23+,29-27+,30-28+,35-33+,36-34+/t45-/m1/s1. The zero-order valence-corrected chi connectivity index (χ0v) is 35.6. The Bertz CT molecular complexity index is 1260. The van der Waals surface area contributed by atoms with E-state index < -0.39 is 32.5 Å². The SMILES string of the molecule is CC/C=C/C/C=C/C/C=C/C/C=C/C/C=C/CCCC(=O)OC[C@H](COP(=O)(O)O)OC(=O)CCC/C=C/C/C=C/C/C=C/C/C=C/CCCCCCCCC. The summed E-state index contributed by atoms with van der Waals surface area (Å²) in [5, 5.41) is 0. The number of hydrogen-bond acceptors (Lipinski definition) is 6. The number of unbranched alkanes of at least 4 members (excludes halogenated alkanes) is 9. The fourth-order valence-corrected chi connectivity index (χ4v) is 5.52. The summed E-state index contributed by atoms with van der Waals surface area (Å²) in [6.45, 7) is 3.46. The van der Waals surface area contributed by atoms with E-state index in [1.807, 2.05) is 12.2 Å². The van der Waals surface area contributed by atoms with Crippen LogP contribution in [0, 0.1) is 0 Å². The lowest BCUT2D eigenvalue weighted by Crippen LogP contribution is -2.29. The van der Waals surface area contributed by atoms with Crippen LogP contribution in [-0.4, -0.2) is 41.0 Å². The second-order valence-electron chi connectivity index (χ2n) is 13.6. The van der Waals surface area contributed by atoms with E-state index in [1.165, 1.54) is 51.4 Å². The lowest BCUT2D eigenvalue weighted by molar-refractivity contribution is -0.161. The summed E-state index contributed by atoms with van der Waals surface area (Å²) in [7, 11) is -4.79.